The Morgan fingerprint density at radius 2 is 1.54 bits per heavy atom. The highest BCUT2D eigenvalue weighted by molar-refractivity contribution is 7.92. The zero-order valence-electron chi connectivity index (χ0n) is 22.8. The molecule has 3 rings (SSSR count). The predicted molar refractivity (Wildman–Crippen MR) is 167 cm³/mol. The first-order valence-electron chi connectivity index (χ1n) is 12.8. The van der Waals surface area contributed by atoms with Crippen molar-refractivity contribution in [2.24, 2.45) is 0 Å². The Labute approximate surface area is 261 Å². The lowest BCUT2D eigenvalue weighted by Crippen LogP contribution is -2.54. The van der Waals surface area contributed by atoms with Gasteiger partial charge in [-0.2, -0.15) is 0 Å². The van der Waals surface area contributed by atoms with Gasteiger partial charge in [0.25, 0.3) is 0 Å². The Morgan fingerprint density at radius 3 is 2.15 bits per heavy atom. The number of halogens is 4. The van der Waals surface area contributed by atoms with E-state index >= 15 is 0 Å². The first kappa shape index (κ1) is 33.0. The monoisotopic (exact) mass is 657 g/mol. The Morgan fingerprint density at radius 1 is 0.878 bits per heavy atom. The molecule has 0 bridgehead atoms. The number of rotatable bonds is 12. The summed E-state index contributed by atoms with van der Waals surface area (Å²) in [5.41, 5.74) is 1.48. The number of carbonyl (C=O) groups is 2. The maximum atomic E-state index is 14.1. The Kier molecular flexibility index (Phi) is 11.8. The van der Waals surface area contributed by atoms with Crippen LogP contribution in [0.1, 0.15) is 31.4 Å². The fourth-order valence-electron chi connectivity index (χ4n) is 4.10. The van der Waals surface area contributed by atoms with E-state index in [0.717, 1.165) is 16.1 Å². The number of nitrogens with zero attached hydrogens (tertiary/aromatic N) is 2. The summed E-state index contributed by atoms with van der Waals surface area (Å²) in [6, 6.07) is 17.4. The van der Waals surface area contributed by atoms with Crippen molar-refractivity contribution in [3.8, 4) is 0 Å². The number of amides is 2. The van der Waals surface area contributed by atoms with Crippen LogP contribution in [0.4, 0.5) is 5.69 Å². The maximum Gasteiger partial charge on any atom is 0.244 e. The molecule has 0 fully saturated rings. The van der Waals surface area contributed by atoms with Gasteiger partial charge in [0.15, 0.2) is 0 Å². The van der Waals surface area contributed by atoms with E-state index in [4.69, 9.17) is 46.4 Å². The van der Waals surface area contributed by atoms with E-state index in [1.165, 1.54) is 23.1 Å². The molecule has 0 saturated carbocycles. The van der Waals surface area contributed by atoms with Crippen molar-refractivity contribution < 1.29 is 18.0 Å². The molecule has 0 heterocycles. The van der Waals surface area contributed by atoms with Crippen LogP contribution >= 0.6 is 46.4 Å². The minimum atomic E-state index is -4.00. The average molecular weight is 659 g/mol. The van der Waals surface area contributed by atoms with E-state index in [9.17, 15) is 18.0 Å². The molecule has 0 aliphatic heterocycles. The van der Waals surface area contributed by atoms with Gasteiger partial charge < -0.3 is 10.2 Å². The third-order valence-corrected chi connectivity index (χ3v) is 8.89. The predicted octanol–water partition coefficient (Wildman–Crippen LogP) is 6.62. The van der Waals surface area contributed by atoms with Gasteiger partial charge in [-0.3, -0.25) is 13.9 Å². The molecule has 2 amide bonds. The molecule has 0 radical (unpaired) electrons. The summed E-state index contributed by atoms with van der Waals surface area (Å²) in [6.07, 6.45) is 1.84. The second kappa shape index (κ2) is 14.6. The first-order chi connectivity index (χ1) is 19.3. The summed E-state index contributed by atoms with van der Waals surface area (Å²) >= 11 is 24.9. The van der Waals surface area contributed by atoms with Crippen LogP contribution in [-0.4, -0.2) is 50.0 Å². The topological polar surface area (TPSA) is 86.8 Å². The van der Waals surface area contributed by atoms with Gasteiger partial charge >= 0.3 is 0 Å². The second-order valence-electron chi connectivity index (χ2n) is 9.66. The Bertz CT molecular complexity index is 1490. The van der Waals surface area contributed by atoms with Crippen LogP contribution in [0, 0.1) is 0 Å². The molecule has 12 heteroatoms. The molecule has 0 unspecified atom stereocenters. The highest BCUT2D eigenvalue weighted by Crippen LogP contribution is 2.31. The summed E-state index contributed by atoms with van der Waals surface area (Å²) in [6.45, 7) is 3.15. The van der Waals surface area contributed by atoms with Crippen molar-refractivity contribution in [3.05, 3.63) is 97.9 Å². The number of anilines is 1. The lowest BCUT2D eigenvalue weighted by atomic mass is 10.0. The first-order valence-corrected chi connectivity index (χ1v) is 16.2. The van der Waals surface area contributed by atoms with Crippen molar-refractivity contribution in [2.75, 3.05) is 17.1 Å². The third-order valence-electron chi connectivity index (χ3n) is 6.47. The number of nitrogens with one attached hydrogen (secondary N) is 1. The van der Waals surface area contributed by atoms with E-state index in [2.05, 4.69) is 5.32 Å². The van der Waals surface area contributed by atoms with Gasteiger partial charge in [-0.15, -0.1) is 0 Å². The highest BCUT2D eigenvalue weighted by Gasteiger charge is 2.34. The zero-order chi connectivity index (χ0) is 30.3. The van der Waals surface area contributed by atoms with E-state index in [1.54, 1.807) is 18.2 Å². The van der Waals surface area contributed by atoms with Gasteiger partial charge in [0, 0.05) is 24.0 Å². The molecular formula is C29H31Cl4N3O4S. The van der Waals surface area contributed by atoms with Crippen LogP contribution < -0.4 is 9.62 Å². The summed E-state index contributed by atoms with van der Waals surface area (Å²) < 4.78 is 26.7. The summed E-state index contributed by atoms with van der Waals surface area (Å²) in [4.78, 5) is 29.2. The zero-order valence-corrected chi connectivity index (χ0v) is 26.6. The molecular weight excluding hydrogens is 628 g/mol. The van der Waals surface area contributed by atoms with Gasteiger partial charge in [0.05, 0.1) is 27.0 Å². The molecule has 1 N–H and O–H groups in total. The average Bonchev–Trinajstić information content (AvgIpc) is 2.92. The van der Waals surface area contributed by atoms with Crippen LogP contribution in [0.5, 0.6) is 0 Å². The fraction of sp³-hybridized carbons (Fsp3) is 0.310. The molecule has 41 heavy (non-hydrogen) atoms. The lowest BCUT2D eigenvalue weighted by Gasteiger charge is -2.34. The van der Waals surface area contributed by atoms with Crippen LogP contribution in [0.2, 0.25) is 20.1 Å². The molecule has 0 aromatic heterocycles. The minimum absolute atomic E-state index is 0.0397. The number of sulfonamides is 1. The van der Waals surface area contributed by atoms with Crippen LogP contribution in [0.15, 0.2) is 66.7 Å². The molecule has 0 aliphatic carbocycles. The molecule has 7 nitrogen and oxygen atoms in total. The quantitative estimate of drug-likeness (QED) is 0.237. The van der Waals surface area contributed by atoms with E-state index in [-0.39, 0.29) is 45.7 Å². The van der Waals surface area contributed by atoms with E-state index in [1.807, 2.05) is 44.2 Å². The second-order valence-corrected chi connectivity index (χ2v) is 13.2. The molecule has 220 valence electrons. The van der Waals surface area contributed by atoms with Crippen molar-refractivity contribution in [3.63, 3.8) is 0 Å². The SMILES string of the molecule is CC[C@@H](C)NC(=O)[C@@H](Cc1ccccc1)N(Cc1ccc(Cl)c(Cl)c1)C(=O)CN(c1cc(Cl)ccc1Cl)S(C)(=O)=O. The third kappa shape index (κ3) is 9.25. The number of benzene rings is 3. The summed E-state index contributed by atoms with van der Waals surface area (Å²) in [5.74, 6) is -0.999. The highest BCUT2D eigenvalue weighted by atomic mass is 35.5. The van der Waals surface area contributed by atoms with Gasteiger partial charge in [0.2, 0.25) is 21.8 Å². The van der Waals surface area contributed by atoms with Crippen LogP contribution in [0.25, 0.3) is 0 Å². The summed E-state index contributed by atoms with van der Waals surface area (Å²) in [7, 11) is -4.00. The van der Waals surface area contributed by atoms with Crippen LogP contribution in [0.3, 0.4) is 0 Å². The number of hydrogen-bond acceptors (Lipinski definition) is 4. The molecule has 2 atom stereocenters. The Hall–Kier alpha value is -2.49. The van der Waals surface area contributed by atoms with Gasteiger partial charge in [-0.25, -0.2) is 8.42 Å². The smallest absolute Gasteiger partial charge is 0.244 e. The van der Waals surface area contributed by atoms with Crippen LogP contribution in [-0.2, 0) is 32.6 Å². The van der Waals surface area contributed by atoms with E-state index in [0.29, 0.717) is 17.0 Å². The number of carbonyl (C=O) groups excluding carboxylic acids is 2. The lowest BCUT2D eigenvalue weighted by molar-refractivity contribution is -0.140. The molecule has 0 saturated heterocycles. The Balaban J connectivity index is 2.11. The number of hydrogen-bond donors (Lipinski definition) is 1. The fourth-order valence-corrected chi connectivity index (χ4v) is 5.71. The van der Waals surface area contributed by atoms with E-state index < -0.39 is 28.5 Å². The maximum absolute atomic E-state index is 14.1. The minimum Gasteiger partial charge on any atom is -0.352 e. The van der Waals surface area contributed by atoms with Crippen molar-refractivity contribution in [1.29, 1.82) is 0 Å². The molecule has 3 aromatic rings. The van der Waals surface area contributed by atoms with Crippen molar-refractivity contribution >= 4 is 73.9 Å². The molecule has 0 spiro atoms. The molecule has 3 aromatic carbocycles. The van der Waals surface area contributed by atoms with Gasteiger partial charge in [-0.05, 0) is 54.8 Å². The largest absolute Gasteiger partial charge is 0.352 e. The standard InChI is InChI=1S/C29H31Cl4N3O4S/c1-4-19(2)34-29(38)27(15-20-8-6-5-7-9-20)35(17-21-10-12-23(31)25(33)14-21)28(37)18-36(41(3,39)40)26-16-22(30)11-13-24(26)32/h5-14,16,19,27H,4,15,17-18H2,1-3H3,(H,34,38)/t19-,27-/m1/s1. The van der Waals surface area contributed by atoms with Crippen molar-refractivity contribution in [1.82, 2.24) is 10.2 Å². The molecule has 0 aliphatic rings. The normalized spacial score (nSPS) is 12.9. The van der Waals surface area contributed by atoms with Gasteiger partial charge in [0.1, 0.15) is 12.6 Å². The summed E-state index contributed by atoms with van der Waals surface area (Å²) in [5, 5.41) is 3.93. The van der Waals surface area contributed by atoms with Gasteiger partial charge in [-0.1, -0.05) is 89.7 Å². The van der Waals surface area contributed by atoms with Crippen molar-refractivity contribution in [2.45, 2.75) is 45.3 Å².